The molecule has 1 aliphatic carbocycles. The second kappa shape index (κ2) is 6.02. The summed E-state index contributed by atoms with van der Waals surface area (Å²) in [6.45, 7) is 7.60. The molecule has 1 aliphatic heterocycles. The first-order valence-corrected chi connectivity index (χ1v) is 7.43. The van der Waals surface area contributed by atoms with Gasteiger partial charge in [-0.3, -0.25) is 4.79 Å². The van der Waals surface area contributed by atoms with Crippen LogP contribution in [0.4, 0.5) is 0 Å². The van der Waals surface area contributed by atoms with Crippen LogP contribution in [0.1, 0.15) is 39.0 Å². The first-order chi connectivity index (χ1) is 8.72. The highest BCUT2D eigenvalue weighted by Crippen LogP contribution is 2.37. The summed E-state index contributed by atoms with van der Waals surface area (Å²) in [4.78, 5) is 17.2. The van der Waals surface area contributed by atoms with Crippen LogP contribution in [-0.4, -0.2) is 55.0 Å². The van der Waals surface area contributed by atoms with E-state index in [0.717, 1.165) is 58.4 Å². The highest BCUT2D eigenvalue weighted by molar-refractivity contribution is 5.83. The summed E-state index contributed by atoms with van der Waals surface area (Å²) < 4.78 is 0. The highest BCUT2D eigenvalue weighted by Gasteiger charge is 2.41. The largest absolute Gasteiger partial charge is 0.340 e. The number of carbonyl (C=O) groups excluding carboxylic acids is 1. The summed E-state index contributed by atoms with van der Waals surface area (Å²) in [7, 11) is 0. The highest BCUT2D eigenvalue weighted by atomic mass is 16.2. The van der Waals surface area contributed by atoms with Gasteiger partial charge in [-0.05, 0) is 19.4 Å². The number of nitrogens with zero attached hydrogens (tertiary/aromatic N) is 2. The number of hydrogen-bond donors (Lipinski definition) is 1. The molecule has 0 spiro atoms. The van der Waals surface area contributed by atoms with Gasteiger partial charge in [0.05, 0.1) is 5.41 Å². The Hall–Kier alpha value is -0.610. The SMILES string of the molecule is CCN1CCN(C(=O)C2(CN)CCCCC2)CC1. The second-order valence-corrected chi connectivity index (χ2v) is 5.77. The minimum Gasteiger partial charge on any atom is -0.340 e. The molecular formula is C14H27N3O. The predicted octanol–water partition coefficient (Wildman–Crippen LogP) is 1.06. The lowest BCUT2D eigenvalue weighted by molar-refractivity contribution is -0.145. The molecule has 2 N–H and O–H groups in total. The van der Waals surface area contributed by atoms with Gasteiger partial charge in [-0.15, -0.1) is 0 Å². The second-order valence-electron chi connectivity index (χ2n) is 5.77. The maximum atomic E-state index is 12.7. The Morgan fingerprint density at radius 2 is 1.72 bits per heavy atom. The lowest BCUT2D eigenvalue weighted by Crippen LogP contribution is -2.55. The number of amides is 1. The van der Waals surface area contributed by atoms with Crippen molar-refractivity contribution in [3.63, 3.8) is 0 Å². The Morgan fingerprint density at radius 1 is 1.11 bits per heavy atom. The smallest absolute Gasteiger partial charge is 0.230 e. The van der Waals surface area contributed by atoms with E-state index in [1.165, 1.54) is 6.42 Å². The molecular weight excluding hydrogens is 226 g/mol. The van der Waals surface area contributed by atoms with E-state index in [0.29, 0.717) is 12.5 Å². The van der Waals surface area contributed by atoms with E-state index < -0.39 is 0 Å². The number of nitrogens with two attached hydrogens (primary N) is 1. The summed E-state index contributed by atoms with van der Waals surface area (Å²) in [5.41, 5.74) is 5.71. The van der Waals surface area contributed by atoms with E-state index in [1.807, 2.05) is 0 Å². The fourth-order valence-electron chi connectivity index (χ4n) is 3.34. The normalized spacial score (nSPS) is 25.1. The van der Waals surface area contributed by atoms with Crippen molar-refractivity contribution in [1.82, 2.24) is 9.80 Å². The molecule has 2 fully saturated rings. The Balaban J connectivity index is 1.97. The summed E-state index contributed by atoms with van der Waals surface area (Å²) in [6.07, 6.45) is 5.58. The molecule has 0 aromatic carbocycles. The minimum absolute atomic E-state index is 0.230. The van der Waals surface area contributed by atoms with Crippen LogP contribution in [0.25, 0.3) is 0 Å². The average Bonchev–Trinajstić information content (AvgIpc) is 2.47. The fraction of sp³-hybridized carbons (Fsp3) is 0.929. The third-order valence-electron chi connectivity index (χ3n) is 4.76. The van der Waals surface area contributed by atoms with Crippen LogP contribution in [0.2, 0.25) is 0 Å². The quantitative estimate of drug-likeness (QED) is 0.818. The number of hydrogen-bond acceptors (Lipinski definition) is 3. The van der Waals surface area contributed by atoms with Crippen LogP contribution < -0.4 is 5.73 Å². The molecule has 0 atom stereocenters. The summed E-state index contributed by atoms with van der Waals surface area (Å²) in [6, 6.07) is 0. The maximum Gasteiger partial charge on any atom is 0.230 e. The van der Waals surface area contributed by atoms with Gasteiger partial charge < -0.3 is 15.5 Å². The zero-order chi connectivity index (χ0) is 13.0. The van der Waals surface area contributed by atoms with Crippen molar-refractivity contribution < 1.29 is 4.79 Å². The van der Waals surface area contributed by atoms with Gasteiger partial charge >= 0.3 is 0 Å². The number of piperazine rings is 1. The van der Waals surface area contributed by atoms with E-state index >= 15 is 0 Å². The van der Waals surface area contributed by atoms with Crippen LogP contribution >= 0.6 is 0 Å². The van der Waals surface area contributed by atoms with Crippen molar-refractivity contribution >= 4 is 5.91 Å². The lowest BCUT2D eigenvalue weighted by atomic mass is 9.73. The van der Waals surface area contributed by atoms with E-state index in [2.05, 4.69) is 16.7 Å². The van der Waals surface area contributed by atoms with E-state index in [4.69, 9.17) is 5.73 Å². The lowest BCUT2D eigenvalue weighted by Gasteiger charge is -2.42. The maximum absolute atomic E-state index is 12.7. The molecule has 0 aromatic rings. The Bertz CT molecular complexity index is 279. The first kappa shape index (κ1) is 13.8. The van der Waals surface area contributed by atoms with Crippen molar-refractivity contribution in [3.8, 4) is 0 Å². The molecule has 0 radical (unpaired) electrons. The van der Waals surface area contributed by atoms with Crippen LogP contribution in [0, 0.1) is 5.41 Å². The van der Waals surface area contributed by atoms with Crippen molar-refractivity contribution in [2.45, 2.75) is 39.0 Å². The zero-order valence-electron chi connectivity index (χ0n) is 11.7. The minimum atomic E-state index is -0.230. The Labute approximate surface area is 110 Å². The molecule has 0 aromatic heterocycles. The summed E-state index contributed by atoms with van der Waals surface area (Å²) in [5, 5.41) is 0. The van der Waals surface area contributed by atoms with Gasteiger partial charge in [-0.2, -0.15) is 0 Å². The van der Waals surface area contributed by atoms with E-state index in [-0.39, 0.29) is 5.41 Å². The molecule has 0 unspecified atom stereocenters. The molecule has 2 aliphatic rings. The monoisotopic (exact) mass is 253 g/mol. The molecule has 104 valence electrons. The van der Waals surface area contributed by atoms with Crippen LogP contribution in [0.5, 0.6) is 0 Å². The molecule has 1 amide bonds. The first-order valence-electron chi connectivity index (χ1n) is 7.43. The summed E-state index contributed by atoms with van der Waals surface area (Å²) >= 11 is 0. The Morgan fingerprint density at radius 3 is 2.22 bits per heavy atom. The third-order valence-corrected chi connectivity index (χ3v) is 4.76. The molecule has 1 saturated carbocycles. The van der Waals surface area contributed by atoms with Gasteiger partial charge in [0.1, 0.15) is 0 Å². The number of likely N-dealkylation sites (N-methyl/N-ethyl adjacent to an activating group) is 1. The molecule has 1 saturated heterocycles. The van der Waals surface area contributed by atoms with Crippen LogP contribution in [0.15, 0.2) is 0 Å². The molecule has 0 bridgehead atoms. The summed E-state index contributed by atoms with van der Waals surface area (Å²) in [5.74, 6) is 0.334. The van der Waals surface area contributed by atoms with E-state index in [9.17, 15) is 4.79 Å². The van der Waals surface area contributed by atoms with Crippen molar-refractivity contribution in [1.29, 1.82) is 0 Å². The predicted molar refractivity (Wildman–Crippen MR) is 73.3 cm³/mol. The van der Waals surface area contributed by atoms with Crippen LogP contribution in [-0.2, 0) is 4.79 Å². The number of rotatable bonds is 3. The zero-order valence-corrected chi connectivity index (χ0v) is 11.7. The van der Waals surface area contributed by atoms with Gasteiger partial charge in [0.25, 0.3) is 0 Å². The van der Waals surface area contributed by atoms with E-state index in [1.54, 1.807) is 0 Å². The fourth-order valence-corrected chi connectivity index (χ4v) is 3.34. The third kappa shape index (κ3) is 2.69. The molecule has 4 heteroatoms. The van der Waals surface area contributed by atoms with Crippen molar-refractivity contribution in [2.24, 2.45) is 11.1 Å². The number of carbonyl (C=O) groups is 1. The molecule has 18 heavy (non-hydrogen) atoms. The Kier molecular flexibility index (Phi) is 4.62. The van der Waals surface area contributed by atoms with Gasteiger partial charge in [0, 0.05) is 32.7 Å². The average molecular weight is 253 g/mol. The van der Waals surface area contributed by atoms with Gasteiger partial charge in [-0.25, -0.2) is 0 Å². The van der Waals surface area contributed by atoms with Crippen molar-refractivity contribution in [3.05, 3.63) is 0 Å². The standard InChI is InChI=1S/C14H27N3O/c1-2-16-8-10-17(11-9-16)13(18)14(12-15)6-4-3-5-7-14/h2-12,15H2,1H3. The van der Waals surface area contributed by atoms with Crippen LogP contribution in [0.3, 0.4) is 0 Å². The topological polar surface area (TPSA) is 49.6 Å². The van der Waals surface area contributed by atoms with Crippen molar-refractivity contribution in [2.75, 3.05) is 39.3 Å². The molecule has 1 heterocycles. The van der Waals surface area contributed by atoms with Gasteiger partial charge in [0.15, 0.2) is 0 Å². The van der Waals surface area contributed by atoms with Gasteiger partial charge in [0.2, 0.25) is 5.91 Å². The van der Waals surface area contributed by atoms with Gasteiger partial charge in [-0.1, -0.05) is 26.2 Å². The molecule has 2 rings (SSSR count). The molecule has 4 nitrogen and oxygen atoms in total.